The maximum absolute atomic E-state index is 8.69. The summed E-state index contributed by atoms with van der Waals surface area (Å²) in [5.41, 5.74) is 1.43. The Labute approximate surface area is 131 Å². The highest BCUT2D eigenvalue weighted by molar-refractivity contribution is 5.15. The van der Waals surface area contributed by atoms with Crippen LogP contribution in [0.25, 0.3) is 0 Å². The number of hydrogen-bond donors (Lipinski definition) is 1. The number of rotatable bonds is 13. The highest BCUT2D eigenvalue weighted by Gasteiger charge is 1.92. The Kier molecular flexibility index (Phi) is 11.9. The zero-order valence-corrected chi connectivity index (χ0v) is 13.5. The van der Waals surface area contributed by atoms with E-state index in [0.717, 1.165) is 19.3 Å². The van der Waals surface area contributed by atoms with E-state index in [9.17, 15) is 0 Å². The fraction of sp³-hybridized carbons (Fsp3) is 0.600. The second-order valence-electron chi connectivity index (χ2n) is 5.84. The second kappa shape index (κ2) is 13.9. The van der Waals surface area contributed by atoms with E-state index in [4.69, 9.17) is 5.11 Å². The van der Waals surface area contributed by atoms with Crippen molar-refractivity contribution in [3.05, 3.63) is 48.0 Å². The summed E-state index contributed by atoms with van der Waals surface area (Å²) < 4.78 is 0. The van der Waals surface area contributed by atoms with Crippen LogP contribution < -0.4 is 0 Å². The molecule has 0 saturated carbocycles. The molecule has 0 unspecified atom stereocenters. The Bertz CT molecular complexity index is 342. The normalized spacial score (nSPS) is 11.3. The minimum atomic E-state index is 0.358. The van der Waals surface area contributed by atoms with Crippen LogP contribution in [0.5, 0.6) is 0 Å². The molecule has 0 bridgehead atoms. The highest BCUT2D eigenvalue weighted by Crippen LogP contribution is 2.10. The van der Waals surface area contributed by atoms with Crippen LogP contribution in [-0.4, -0.2) is 11.7 Å². The molecule has 0 heterocycles. The fourth-order valence-corrected chi connectivity index (χ4v) is 2.57. The lowest BCUT2D eigenvalue weighted by atomic mass is 10.1. The molecule has 0 radical (unpaired) electrons. The number of aliphatic hydroxyl groups is 1. The van der Waals surface area contributed by atoms with Crippen molar-refractivity contribution in [1.82, 2.24) is 0 Å². The van der Waals surface area contributed by atoms with Gasteiger partial charge in [0.2, 0.25) is 0 Å². The van der Waals surface area contributed by atoms with Gasteiger partial charge in [-0.15, -0.1) is 0 Å². The minimum Gasteiger partial charge on any atom is -0.396 e. The van der Waals surface area contributed by atoms with Gasteiger partial charge in [0, 0.05) is 6.61 Å². The topological polar surface area (TPSA) is 20.2 Å². The molecule has 1 aromatic rings. The van der Waals surface area contributed by atoms with Crippen molar-refractivity contribution in [2.45, 2.75) is 70.6 Å². The van der Waals surface area contributed by atoms with Crippen molar-refractivity contribution in [1.29, 1.82) is 0 Å². The Hall–Kier alpha value is -1.08. The van der Waals surface area contributed by atoms with Gasteiger partial charge in [-0.25, -0.2) is 0 Å². The number of aryl methyl sites for hydroxylation is 1. The Morgan fingerprint density at radius 2 is 1.24 bits per heavy atom. The van der Waals surface area contributed by atoms with Gasteiger partial charge in [-0.3, -0.25) is 0 Å². The summed E-state index contributed by atoms with van der Waals surface area (Å²) in [4.78, 5) is 0. The average molecular weight is 288 g/mol. The van der Waals surface area contributed by atoms with Gasteiger partial charge in [0.05, 0.1) is 0 Å². The zero-order chi connectivity index (χ0) is 15.0. The predicted octanol–water partition coefficient (Wildman–Crippen LogP) is 5.68. The first-order valence-electron chi connectivity index (χ1n) is 8.73. The number of aliphatic hydroxyl groups excluding tert-OH is 1. The predicted molar refractivity (Wildman–Crippen MR) is 92.5 cm³/mol. The van der Waals surface area contributed by atoms with E-state index < -0.39 is 0 Å². The van der Waals surface area contributed by atoms with Gasteiger partial charge in [0.25, 0.3) is 0 Å². The zero-order valence-electron chi connectivity index (χ0n) is 13.5. The summed E-state index contributed by atoms with van der Waals surface area (Å²) in [5.74, 6) is 0. The Morgan fingerprint density at radius 1 is 0.667 bits per heavy atom. The third-order valence-electron chi connectivity index (χ3n) is 3.89. The molecular formula is C20H32O. The molecule has 0 spiro atoms. The summed E-state index contributed by atoms with van der Waals surface area (Å²) >= 11 is 0. The third kappa shape index (κ3) is 11.3. The van der Waals surface area contributed by atoms with Crippen molar-refractivity contribution in [2.75, 3.05) is 6.61 Å². The van der Waals surface area contributed by atoms with Gasteiger partial charge in [-0.05, 0) is 37.7 Å². The second-order valence-corrected chi connectivity index (χ2v) is 5.84. The van der Waals surface area contributed by atoms with Crippen LogP contribution >= 0.6 is 0 Å². The lowest BCUT2D eigenvalue weighted by molar-refractivity contribution is 0.282. The quantitative estimate of drug-likeness (QED) is 0.366. The Morgan fingerprint density at radius 3 is 1.90 bits per heavy atom. The van der Waals surface area contributed by atoms with Crippen molar-refractivity contribution in [3.8, 4) is 0 Å². The van der Waals surface area contributed by atoms with Crippen LogP contribution in [0.3, 0.4) is 0 Å². The number of hydrogen-bond acceptors (Lipinski definition) is 1. The molecule has 0 fully saturated rings. The van der Waals surface area contributed by atoms with Crippen molar-refractivity contribution < 1.29 is 5.11 Å². The molecular weight excluding hydrogens is 256 g/mol. The molecule has 118 valence electrons. The van der Waals surface area contributed by atoms with Gasteiger partial charge in [0.1, 0.15) is 0 Å². The number of benzene rings is 1. The molecule has 0 atom stereocenters. The van der Waals surface area contributed by atoms with Crippen molar-refractivity contribution in [3.63, 3.8) is 0 Å². The van der Waals surface area contributed by atoms with E-state index >= 15 is 0 Å². The molecule has 1 rings (SSSR count). The first-order chi connectivity index (χ1) is 10.4. The lowest BCUT2D eigenvalue weighted by Gasteiger charge is -2.00. The molecule has 1 aromatic carbocycles. The molecule has 0 amide bonds. The van der Waals surface area contributed by atoms with E-state index in [1.807, 2.05) is 0 Å². The third-order valence-corrected chi connectivity index (χ3v) is 3.89. The molecule has 0 saturated heterocycles. The van der Waals surface area contributed by atoms with Gasteiger partial charge in [-0.2, -0.15) is 0 Å². The van der Waals surface area contributed by atoms with E-state index in [1.165, 1.54) is 56.9 Å². The first kappa shape index (κ1) is 18.0. The van der Waals surface area contributed by atoms with E-state index in [2.05, 4.69) is 42.5 Å². The smallest absolute Gasteiger partial charge is 0.0431 e. The molecule has 1 nitrogen and oxygen atoms in total. The highest BCUT2D eigenvalue weighted by atomic mass is 16.2. The van der Waals surface area contributed by atoms with E-state index in [1.54, 1.807) is 0 Å². The molecule has 0 aromatic heterocycles. The van der Waals surface area contributed by atoms with Gasteiger partial charge < -0.3 is 5.11 Å². The van der Waals surface area contributed by atoms with Gasteiger partial charge in [-0.1, -0.05) is 81.0 Å². The Balaban J connectivity index is 1.82. The summed E-state index contributed by atoms with van der Waals surface area (Å²) in [6, 6.07) is 10.7. The van der Waals surface area contributed by atoms with Crippen LogP contribution in [0.1, 0.15) is 69.8 Å². The van der Waals surface area contributed by atoms with Crippen LogP contribution in [0.2, 0.25) is 0 Å². The number of allylic oxidation sites excluding steroid dienone is 2. The monoisotopic (exact) mass is 288 g/mol. The molecule has 1 N–H and O–H groups in total. The molecule has 21 heavy (non-hydrogen) atoms. The summed E-state index contributed by atoms with van der Waals surface area (Å²) in [6.07, 6.45) is 18.5. The maximum Gasteiger partial charge on any atom is 0.0431 e. The summed E-state index contributed by atoms with van der Waals surface area (Å²) in [7, 11) is 0. The molecule has 0 aliphatic carbocycles. The standard InChI is InChI=1S/C20H32O/c21-19-15-10-8-6-4-2-1-3-5-7-9-12-16-20-17-13-11-14-18-20/h7,9,11,13-14,17-18,21H,1-6,8,10,12,15-16,19H2. The lowest BCUT2D eigenvalue weighted by Crippen LogP contribution is -1.84. The number of unbranched alkanes of at least 4 members (excludes halogenated alkanes) is 8. The summed E-state index contributed by atoms with van der Waals surface area (Å²) in [5, 5.41) is 8.69. The SMILES string of the molecule is OCCCCCCCCCCC=CCCc1ccccc1. The van der Waals surface area contributed by atoms with Crippen molar-refractivity contribution >= 4 is 0 Å². The van der Waals surface area contributed by atoms with E-state index in [0.29, 0.717) is 6.61 Å². The summed E-state index contributed by atoms with van der Waals surface area (Å²) in [6.45, 7) is 0.358. The minimum absolute atomic E-state index is 0.358. The van der Waals surface area contributed by atoms with Crippen LogP contribution in [-0.2, 0) is 6.42 Å². The molecule has 0 aliphatic heterocycles. The van der Waals surface area contributed by atoms with Crippen molar-refractivity contribution in [2.24, 2.45) is 0 Å². The van der Waals surface area contributed by atoms with Crippen LogP contribution in [0, 0.1) is 0 Å². The van der Waals surface area contributed by atoms with Crippen LogP contribution in [0.4, 0.5) is 0 Å². The average Bonchev–Trinajstić information content (AvgIpc) is 2.53. The van der Waals surface area contributed by atoms with Gasteiger partial charge >= 0.3 is 0 Å². The first-order valence-corrected chi connectivity index (χ1v) is 8.73. The fourth-order valence-electron chi connectivity index (χ4n) is 2.57. The largest absolute Gasteiger partial charge is 0.396 e. The molecule has 1 heteroatoms. The maximum atomic E-state index is 8.69. The molecule has 0 aliphatic rings. The van der Waals surface area contributed by atoms with Gasteiger partial charge in [0.15, 0.2) is 0 Å². The van der Waals surface area contributed by atoms with E-state index in [-0.39, 0.29) is 0 Å². The van der Waals surface area contributed by atoms with Crippen LogP contribution in [0.15, 0.2) is 42.5 Å².